The number of tetrazole rings is 1. The third-order valence-corrected chi connectivity index (χ3v) is 4.34. The van der Waals surface area contributed by atoms with Gasteiger partial charge in [0.2, 0.25) is 0 Å². The maximum absolute atomic E-state index is 12.8. The van der Waals surface area contributed by atoms with Crippen molar-refractivity contribution < 1.29 is 4.79 Å². The topological polar surface area (TPSA) is 90.5 Å². The predicted molar refractivity (Wildman–Crippen MR) is 100 cm³/mol. The van der Waals surface area contributed by atoms with Crippen LogP contribution in [0.15, 0.2) is 54.9 Å². The number of nitrogens with one attached hydrogen (secondary N) is 1. The van der Waals surface area contributed by atoms with Crippen LogP contribution in [0.2, 0.25) is 0 Å². The van der Waals surface area contributed by atoms with Crippen LogP contribution in [-0.2, 0) is 6.54 Å². The first-order valence-corrected chi connectivity index (χ1v) is 8.71. The van der Waals surface area contributed by atoms with Crippen molar-refractivity contribution in [2.75, 3.05) is 0 Å². The van der Waals surface area contributed by atoms with E-state index in [4.69, 9.17) is 0 Å². The monoisotopic (exact) mass is 361 g/mol. The molecular weight excluding hydrogens is 342 g/mol. The van der Waals surface area contributed by atoms with E-state index in [1.54, 1.807) is 12.1 Å². The molecule has 0 saturated carbocycles. The van der Waals surface area contributed by atoms with Crippen molar-refractivity contribution in [3.8, 4) is 5.69 Å². The summed E-state index contributed by atoms with van der Waals surface area (Å²) in [4.78, 5) is 17.5. The van der Waals surface area contributed by atoms with Gasteiger partial charge >= 0.3 is 0 Å². The van der Waals surface area contributed by atoms with Crippen LogP contribution in [0.3, 0.4) is 0 Å². The van der Waals surface area contributed by atoms with Gasteiger partial charge in [-0.3, -0.25) is 4.79 Å². The minimum absolute atomic E-state index is 0.205. The molecule has 8 heteroatoms. The molecule has 0 bridgehead atoms. The molecule has 1 amide bonds. The molecule has 0 atom stereocenters. The van der Waals surface area contributed by atoms with E-state index in [9.17, 15) is 4.79 Å². The molecule has 0 aliphatic carbocycles. The summed E-state index contributed by atoms with van der Waals surface area (Å²) in [6.07, 6.45) is 1.46. The quantitative estimate of drug-likeness (QED) is 0.590. The molecule has 4 rings (SSSR count). The standard InChI is InChI=1S/C19H19N7O/c1-13(2)26-17-10-6-4-8-15(17)22-18(26)11-20-19(27)14-7-3-5-9-16(14)25-12-21-23-24-25/h3-10,12-13H,11H2,1-2H3,(H,20,27). The number of nitrogens with zero attached hydrogens (tertiary/aromatic N) is 6. The van der Waals surface area contributed by atoms with Crippen LogP contribution in [0.4, 0.5) is 0 Å². The van der Waals surface area contributed by atoms with Gasteiger partial charge in [-0.2, -0.15) is 4.68 Å². The second-order valence-corrected chi connectivity index (χ2v) is 6.43. The van der Waals surface area contributed by atoms with Gasteiger partial charge in [0, 0.05) is 6.04 Å². The second-order valence-electron chi connectivity index (χ2n) is 6.43. The lowest BCUT2D eigenvalue weighted by atomic mass is 10.1. The lowest BCUT2D eigenvalue weighted by molar-refractivity contribution is 0.0949. The molecule has 4 aromatic rings. The average Bonchev–Trinajstić information content (AvgIpc) is 3.33. The molecule has 27 heavy (non-hydrogen) atoms. The summed E-state index contributed by atoms with van der Waals surface area (Å²) in [7, 11) is 0. The Bertz CT molecular complexity index is 1080. The van der Waals surface area contributed by atoms with Crippen molar-refractivity contribution in [1.29, 1.82) is 0 Å². The molecule has 0 radical (unpaired) electrons. The minimum Gasteiger partial charge on any atom is -0.345 e. The maximum Gasteiger partial charge on any atom is 0.253 e. The van der Waals surface area contributed by atoms with Crippen LogP contribution in [-0.4, -0.2) is 35.7 Å². The van der Waals surface area contributed by atoms with Crippen molar-refractivity contribution >= 4 is 16.9 Å². The van der Waals surface area contributed by atoms with Gasteiger partial charge < -0.3 is 9.88 Å². The van der Waals surface area contributed by atoms with E-state index in [-0.39, 0.29) is 11.9 Å². The summed E-state index contributed by atoms with van der Waals surface area (Å²) in [6.45, 7) is 4.54. The predicted octanol–water partition coefficient (Wildman–Crippen LogP) is 2.52. The summed E-state index contributed by atoms with van der Waals surface area (Å²) >= 11 is 0. The Hall–Kier alpha value is -3.55. The number of carbonyl (C=O) groups excluding carboxylic acids is 1. The molecule has 0 saturated heterocycles. The number of aromatic nitrogens is 6. The van der Waals surface area contributed by atoms with Crippen LogP contribution >= 0.6 is 0 Å². The van der Waals surface area contributed by atoms with Crippen LogP contribution < -0.4 is 5.32 Å². The number of hydrogen-bond acceptors (Lipinski definition) is 5. The van der Waals surface area contributed by atoms with Crippen LogP contribution in [0.5, 0.6) is 0 Å². The number of benzene rings is 2. The van der Waals surface area contributed by atoms with E-state index in [2.05, 4.69) is 44.2 Å². The van der Waals surface area contributed by atoms with Crippen molar-refractivity contribution in [1.82, 2.24) is 35.1 Å². The molecule has 0 aliphatic rings. The molecule has 2 aromatic heterocycles. The van der Waals surface area contributed by atoms with E-state index < -0.39 is 0 Å². The smallest absolute Gasteiger partial charge is 0.253 e. The number of rotatable bonds is 5. The van der Waals surface area contributed by atoms with Gasteiger partial charge in [-0.1, -0.05) is 24.3 Å². The normalized spacial score (nSPS) is 11.2. The maximum atomic E-state index is 12.8. The van der Waals surface area contributed by atoms with Crippen molar-refractivity contribution in [2.45, 2.75) is 26.4 Å². The Morgan fingerprint density at radius 1 is 1.11 bits per heavy atom. The fraction of sp³-hybridized carbons (Fsp3) is 0.211. The number of para-hydroxylation sites is 3. The Kier molecular flexibility index (Phi) is 4.37. The largest absolute Gasteiger partial charge is 0.345 e. The zero-order valence-corrected chi connectivity index (χ0v) is 15.1. The summed E-state index contributed by atoms with van der Waals surface area (Å²) in [6, 6.07) is 15.4. The number of carbonyl (C=O) groups is 1. The SMILES string of the molecule is CC(C)n1c(CNC(=O)c2ccccc2-n2cnnn2)nc2ccccc21. The summed E-state index contributed by atoms with van der Waals surface area (Å²) < 4.78 is 3.61. The third kappa shape index (κ3) is 3.17. The van der Waals surface area contributed by atoms with Gasteiger partial charge in [0.25, 0.3) is 5.91 Å². The van der Waals surface area contributed by atoms with E-state index in [0.717, 1.165) is 16.9 Å². The molecule has 2 aromatic carbocycles. The Labute approximate surface area is 155 Å². The number of amides is 1. The second kappa shape index (κ2) is 6.99. The molecule has 0 spiro atoms. The highest BCUT2D eigenvalue weighted by Gasteiger charge is 2.16. The molecule has 2 heterocycles. The van der Waals surface area contributed by atoms with E-state index in [0.29, 0.717) is 17.8 Å². The molecule has 0 aliphatic heterocycles. The van der Waals surface area contributed by atoms with Gasteiger partial charge in [0.05, 0.1) is 28.8 Å². The summed E-state index contributed by atoms with van der Waals surface area (Å²) in [5.41, 5.74) is 3.10. The molecule has 136 valence electrons. The van der Waals surface area contributed by atoms with Gasteiger partial charge in [-0.05, 0) is 48.5 Å². The Morgan fingerprint density at radius 3 is 2.67 bits per heavy atom. The molecule has 0 unspecified atom stereocenters. The average molecular weight is 361 g/mol. The number of imidazole rings is 1. The lowest BCUT2D eigenvalue weighted by Gasteiger charge is -2.14. The minimum atomic E-state index is -0.205. The highest BCUT2D eigenvalue weighted by molar-refractivity contribution is 5.97. The zero-order valence-electron chi connectivity index (χ0n) is 15.1. The van der Waals surface area contributed by atoms with Crippen LogP contribution in [0.1, 0.15) is 36.1 Å². The number of hydrogen-bond donors (Lipinski definition) is 1. The fourth-order valence-electron chi connectivity index (χ4n) is 3.19. The third-order valence-electron chi connectivity index (χ3n) is 4.34. The van der Waals surface area contributed by atoms with E-state index in [1.807, 2.05) is 36.4 Å². The first-order valence-electron chi connectivity index (χ1n) is 8.71. The summed E-state index contributed by atoms with van der Waals surface area (Å²) in [5, 5.41) is 14.1. The zero-order chi connectivity index (χ0) is 18.8. The molecule has 8 nitrogen and oxygen atoms in total. The van der Waals surface area contributed by atoms with Gasteiger partial charge in [0.1, 0.15) is 12.2 Å². The Morgan fingerprint density at radius 2 is 1.89 bits per heavy atom. The highest BCUT2D eigenvalue weighted by Crippen LogP contribution is 2.21. The van der Waals surface area contributed by atoms with Crippen LogP contribution in [0, 0.1) is 0 Å². The first-order chi connectivity index (χ1) is 13.1. The fourth-order valence-corrected chi connectivity index (χ4v) is 3.19. The van der Waals surface area contributed by atoms with Crippen molar-refractivity contribution in [3.05, 3.63) is 66.2 Å². The van der Waals surface area contributed by atoms with Gasteiger partial charge in [-0.25, -0.2) is 4.98 Å². The first kappa shape index (κ1) is 16.9. The molecule has 1 N–H and O–H groups in total. The number of fused-ring (bicyclic) bond motifs is 1. The van der Waals surface area contributed by atoms with Gasteiger partial charge in [0.15, 0.2) is 0 Å². The van der Waals surface area contributed by atoms with Crippen molar-refractivity contribution in [3.63, 3.8) is 0 Å². The lowest BCUT2D eigenvalue weighted by Crippen LogP contribution is -2.26. The van der Waals surface area contributed by atoms with E-state index in [1.165, 1.54) is 11.0 Å². The highest BCUT2D eigenvalue weighted by atomic mass is 16.1. The van der Waals surface area contributed by atoms with Crippen LogP contribution in [0.25, 0.3) is 16.7 Å². The summed E-state index contributed by atoms with van der Waals surface area (Å²) in [5.74, 6) is 0.614. The van der Waals surface area contributed by atoms with Gasteiger partial charge in [-0.15, -0.1) is 5.10 Å². The van der Waals surface area contributed by atoms with Crippen molar-refractivity contribution in [2.24, 2.45) is 0 Å². The van der Waals surface area contributed by atoms with E-state index >= 15 is 0 Å². The molecule has 0 fully saturated rings. The molecular formula is C19H19N7O. The Balaban J connectivity index is 1.61.